The third-order valence-electron chi connectivity index (χ3n) is 5.52. The second-order valence-electron chi connectivity index (χ2n) is 7.69. The number of nitrogens with zero attached hydrogens (tertiary/aromatic N) is 7. The quantitative estimate of drug-likeness (QED) is 0.520. The molecule has 4 rings (SSSR count). The van der Waals surface area contributed by atoms with Crippen molar-refractivity contribution in [1.82, 2.24) is 14.8 Å². The summed E-state index contributed by atoms with van der Waals surface area (Å²) >= 11 is 0. The molecule has 1 aliphatic heterocycles. The highest BCUT2D eigenvalue weighted by Gasteiger charge is 2.23. The number of para-hydroxylation sites is 1. The largest absolute Gasteiger partial charge is 0.378 e. The molecule has 1 fully saturated rings. The Morgan fingerprint density at radius 2 is 1.79 bits per heavy atom. The molecule has 1 aliphatic rings. The van der Waals surface area contributed by atoms with Gasteiger partial charge < -0.3 is 14.5 Å². The highest BCUT2D eigenvalue weighted by atomic mass is 16.5. The number of morpholine rings is 1. The lowest BCUT2D eigenvalue weighted by Gasteiger charge is -2.28. The van der Waals surface area contributed by atoms with Gasteiger partial charge in [0.15, 0.2) is 5.82 Å². The second-order valence-corrected chi connectivity index (χ2v) is 7.69. The summed E-state index contributed by atoms with van der Waals surface area (Å²) in [4.78, 5) is 4.16. The van der Waals surface area contributed by atoms with E-state index in [0.29, 0.717) is 43.5 Å². The van der Waals surface area contributed by atoms with Crippen LogP contribution >= 0.6 is 0 Å². The van der Waals surface area contributed by atoms with Crippen molar-refractivity contribution in [3.8, 4) is 17.8 Å². The van der Waals surface area contributed by atoms with Gasteiger partial charge in [-0.05, 0) is 35.9 Å². The lowest BCUT2D eigenvalue weighted by Crippen LogP contribution is -2.38. The molecule has 0 spiro atoms. The molecule has 2 aromatic carbocycles. The van der Waals surface area contributed by atoms with E-state index in [2.05, 4.69) is 27.2 Å². The van der Waals surface area contributed by atoms with Gasteiger partial charge in [-0.2, -0.15) is 10.5 Å². The molecule has 8 heteroatoms. The normalized spacial score (nSPS) is 13.9. The molecule has 0 unspecified atom stereocenters. The average Bonchev–Trinajstić information content (AvgIpc) is 3.32. The van der Waals surface area contributed by atoms with E-state index in [9.17, 15) is 5.26 Å². The Kier molecular flexibility index (Phi) is 6.99. The van der Waals surface area contributed by atoms with Gasteiger partial charge in [0.25, 0.3) is 0 Å². The topological polar surface area (TPSA) is 94.0 Å². The molecule has 0 aliphatic carbocycles. The van der Waals surface area contributed by atoms with E-state index in [1.54, 1.807) is 0 Å². The first kappa shape index (κ1) is 22.1. The number of hydrogen-bond acceptors (Lipinski definition) is 7. The number of anilines is 2. The summed E-state index contributed by atoms with van der Waals surface area (Å²) in [6.45, 7) is 3.37. The average molecular weight is 440 g/mol. The van der Waals surface area contributed by atoms with Crippen molar-refractivity contribution in [2.24, 2.45) is 0 Å². The first-order valence-corrected chi connectivity index (χ1v) is 10.8. The van der Waals surface area contributed by atoms with Gasteiger partial charge in [0.05, 0.1) is 37.0 Å². The van der Waals surface area contributed by atoms with Crippen LogP contribution in [0.2, 0.25) is 0 Å². The third kappa shape index (κ3) is 5.03. The molecule has 33 heavy (non-hydrogen) atoms. The fraction of sp³-hybridized carbons (Fsp3) is 0.280. The Bertz CT molecular complexity index is 1180. The van der Waals surface area contributed by atoms with Crippen LogP contribution in [0.5, 0.6) is 0 Å². The maximum absolute atomic E-state index is 10.00. The van der Waals surface area contributed by atoms with Gasteiger partial charge in [-0.3, -0.25) is 4.57 Å². The number of hydrogen-bond donors (Lipinski definition) is 0. The second kappa shape index (κ2) is 10.4. The Balaban J connectivity index is 1.69. The van der Waals surface area contributed by atoms with Crippen molar-refractivity contribution in [2.75, 3.05) is 49.7 Å². The van der Waals surface area contributed by atoms with Crippen molar-refractivity contribution in [2.45, 2.75) is 6.42 Å². The van der Waals surface area contributed by atoms with Gasteiger partial charge in [0.1, 0.15) is 6.07 Å². The fourth-order valence-electron chi connectivity index (χ4n) is 3.72. The van der Waals surface area contributed by atoms with E-state index in [4.69, 9.17) is 10.00 Å². The van der Waals surface area contributed by atoms with Crippen LogP contribution in [0.25, 0.3) is 17.3 Å². The molecule has 8 nitrogen and oxygen atoms in total. The van der Waals surface area contributed by atoms with Crippen molar-refractivity contribution < 1.29 is 4.74 Å². The minimum Gasteiger partial charge on any atom is -0.378 e. The molecule has 2 heterocycles. The van der Waals surface area contributed by atoms with Crippen LogP contribution in [0.4, 0.5) is 11.6 Å². The SMILES string of the molecule is CN(CCC#N)c1ccc(/C=C(\C#N)c2nnc(N3CCOCC3)n2-c2ccccc2)cc1. The summed E-state index contributed by atoms with van der Waals surface area (Å²) in [5.74, 6) is 1.20. The summed E-state index contributed by atoms with van der Waals surface area (Å²) in [5, 5.41) is 27.7. The molecule has 0 atom stereocenters. The van der Waals surface area contributed by atoms with Crippen LogP contribution in [0, 0.1) is 22.7 Å². The van der Waals surface area contributed by atoms with Crippen LogP contribution in [-0.4, -0.2) is 54.7 Å². The summed E-state index contributed by atoms with van der Waals surface area (Å²) in [7, 11) is 1.96. The molecular weight excluding hydrogens is 414 g/mol. The molecular formula is C25H25N7O. The molecule has 0 saturated carbocycles. The Hall–Kier alpha value is -4.14. The van der Waals surface area contributed by atoms with Crippen molar-refractivity contribution in [3.63, 3.8) is 0 Å². The maximum atomic E-state index is 10.00. The minimum atomic E-state index is 0.427. The monoisotopic (exact) mass is 439 g/mol. The van der Waals surface area contributed by atoms with Crippen molar-refractivity contribution >= 4 is 23.3 Å². The zero-order valence-corrected chi connectivity index (χ0v) is 18.6. The third-order valence-corrected chi connectivity index (χ3v) is 5.52. The van der Waals surface area contributed by atoms with Gasteiger partial charge >= 0.3 is 0 Å². The van der Waals surface area contributed by atoms with Gasteiger partial charge in [0, 0.05) is 32.4 Å². The van der Waals surface area contributed by atoms with Crippen LogP contribution in [-0.2, 0) is 4.74 Å². The van der Waals surface area contributed by atoms with Gasteiger partial charge in [-0.15, -0.1) is 10.2 Å². The molecule has 3 aromatic rings. The van der Waals surface area contributed by atoms with E-state index < -0.39 is 0 Å². The first-order valence-electron chi connectivity index (χ1n) is 10.8. The number of benzene rings is 2. The van der Waals surface area contributed by atoms with Crippen LogP contribution in [0.15, 0.2) is 54.6 Å². The van der Waals surface area contributed by atoms with E-state index in [0.717, 1.165) is 30.0 Å². The summed E-state index contributed by atoms with van der Waals surface area (Å²) in [5.41, 5.74) is 3.23. The van der Waals surface area contributed by atoms with Crippen LogP contribution < -0.4 is 9.80 Å². The molecule has 0 radical (unpaired) electrons. The van der Waals surface area contributed by atoms with Crippen LogP contribution in [0.3, 0.4) is 0 Å². The number of aromatic nitrogens is 3. The lowest BCUT2D eigenvalue weighted by molar-refractivity contribution is 0.122. The van der Waals surface area contributed by atoms with E-state index in [-0.39, 0.29) is 0 Å². The molecule has 1 saturated heterocycles. The zero-order valence-electron chi connectivity index (χ0n) is 18.6. The van der Waals surface area contributed by atoms with Crippen LogP contribution in [0.1, 0.15) is 17.8 Å². The first-order chi connectivity index (χ1) is 16.2. The molecule has 0 bridgehead atoms. The number of rotatable bonds is 7. The number of nitriles is 2. The standard InChI is InChI=1S/C25H25N7O/c1-30(13-5-12-26)22-10-8-20(9-11-22)18-21(19-27)24-28-29-25(31-14-16-33-17-15-31)32(24)23-6-3-2-4-7-23/h2-4,6-11,18H,5,13-17H2,1H3/b21-18+. The number of allylic oxidation sites excluding steroid dienone is 1. The van der Waals surface area contributed by atoms with Crippen molar-refractivity contribution in [1.29, 1.82) is 10.5 Å². The van der Waals surface area contributed by atoms with E-state index in [1.807, 2.05) is 77.2 Å². The molecule has 1 aromatic heterocycles. The summed E-state index contributed by atoms with van der Waals surface area (Å²) in [6.07, 6.45) is 2.29. The Morgan fingerprint density at radius 1 is 1.06 bits per heavy atom. The smallest absolute Gasteiger partial charge is 0.232 e. The zero-order chi connectivity index (χ0) is 23.0. The Labute approximate surface area is 193 Å². The lowest BCUT2D eigenvalue weighted by atomic mass is 10.1. The predicted octanol–water partition coefficient (Wildman–Crippen LogP) is 3.52. The minimum absolute atomic E-state index is 0.427. The number of ether oxygens (including phenoxy) is 1. The fourth-order valence-corrected chi connectivity index (χ4v) is 3.72. The van der Waals surface area contributed by atoms with E-state index in [1.165, 1.54) is 0 Å². The van der Waals surface area contributed by atoms with Gasteiger partial charge in [0.2, 0.25) is 5.95 Å². The summed E-state index contributed by atoms with van der Waals surface area (Å²) in [6, 6.07) is 22.2. The molecule has 166 valence electrons. The molecule has 0 N–H and O–H groups in total. The van der Waals surface area contributed by atoms with Gasteiger partial charge in [-0.25, -0.2) is 0 Å². The van der Waals surface area contributed by atoms with Crippen molar-refractivity contribution in [3.05, 3.63) is 66.0 Å². The highest BCUT2D eigenvalue weighted by Crippen LogP contribution is 2.26. The van der Waals surface area contributed by atoms with Gasteiger partial charge in [-0.1, -0.05) is 30.3 Å². The maximum Gasteiger partial charge on any atom is 0.232 e. The predicted molar refractivity (Wildman–Crippen MR) is 128 cm³/mol. The van der Waals surface area contributed by atoms with E-state index >= 15 is 0 Å². The highest BCUT2D eigenvalue weighted by molar-refractivity contribution is 5.88. The molecule has 0 amide bonds. The summed E-state index contributed by atoms with van der Waals surface area (Å²) < 4.78 is 7.42. The Morgan fingerprint density at radius 3 is 2.45 bits per heavy atom.